The summed E-state index contributed by atoms with van der Waals surface area (Å²) in [5, 5.41) is 3.57. The van der Waals surface area contributed by atoms with E-state index in [0.29, 0.717) is 6.04 Å². The van der Waals surface area contributed by atoms with Crippen LogP contribution in [-0.2, 0) is 0 Å². The van der Waals surface area contributed by atoms with Crippen molar-refractivity contribution in [2.45, 2.75) is 76.2 Å². The maximum absolute atomic E-state index is 4.52. The number of aromatic amines is 1. The first kappa shape index (κ1) is 12.1. The van der Waals surface area contributed by atoms with Crippen LogP contribution in [0.15, 0.2) is 6.20 Å². The molecule has 3 heteroatoms. The summed E-state index contributed by atoms with van der Waals surface area (Å²) in [6, 6.07) is 0.643. The van der Waals surface area contributed by atoms with Crippen LogP contribution in [0.25, 0.3) is 0 Å². The van der Waals surface area contributed by atoms with E-state index in [1.165, 1.54) is 69.9 Å². The van der Waals surface area contributed by atoms with Gasteiger partial charge in [-0.1, -0.05) is 38.5 Å². The molecular weight excluding hydrogens is 222 g/mol. The van der Waals surface area contributed by atoms with Crippen molar-refractivity contribution in [1.29, 1.82) is 0 Å². The summed E-state index contributed by atoms with van der Waals surface area (Å²) in [7, 11) is 0. The molecule has 2 aliphatic rings. The number of hydrogen-bond donors (Lipinski definition) is 2. The SMILES string of the molecule is c1nc(NC2CCCCC2)[nH]c1C1CCCCC1. The maximum atomic E-state index is 4.52. The van der Waals surface area contributed by atoms with Crippen LogP contribution in [0.3, 0.4) is 0 Å². The summed E-state index contributed by atoms with van der Waals surface area (Å²) >= 11 is 0. The second-order valence-electron chi connectivity index (χ2n) is 6.00. The van der Waals surface area contributed by atoms with E-state index in [1.54, 1.807) is 0 Å². The summed E-state index contributed by atoms with van der Waals surface area (Å²) in [6.45, 7) is 0. The third kappa shape index (κ3) is 2.88. The van der Waals surface area contributed by atoms with Gasteiger partial charge in [0.15, 0.2) is 0 Å². The van der Waals surface area contributed by atoms with E-state index in [4.69, 9.17) is 0 Å². The lowest BCUT2D eigenvalue weighted by molar-refractivity contribution is 0.437. The minimum Gasteiger partial charge on any atom is -0.353 e. The van der Waals surface area contributed by atoms with E-state index in [-0.39, 0.29) is 0 Å². The molecule has 0 aromatic carbocycles. The number of rotatable bonds is 3. The van der Waals surface area contributed by atoms with Gasteiger partial charge >= 0.3 is 0 Å². The van der Waals surface area contributed by atoms with E-state index >= 15 is 0 Å². The normalized spacial score (nSPS) is 23.1. The number of nitrogens with zero attached hydrogens (tertiary/aromatic N) is 1. The largest absolute Gasteiger partial charge is 0.353 e. The highest BCUT2D eigenvalue weighted by molar-refractivity contribution is 5.29. The molecule has 18 heavy (non-hydrogen) atoms. The van der Waals surface area contributed by atoms with Gasteiger partial charge in [-0.2, -0.15) is 0 Å². The predicted molar refractivity (Wildman–Crippen MR) is 74.9 cm³/mol. The number of H-pyrrole nitrogens is 1. The highest BCUT2D eigenvalue weighted by atomic mass is 15.1. The minimum absolute atomic E-state index is 0.643. The standard InChI is InChI=1S/C15H25N3/c1-3-7-12(8-4-1)14-11-16-15(18-14)17-13-9-5-2-6-10-13/h11-13H,1-10H2,(H2,16,17,18). The molecule has 0 amide bonds. The number of hydrogen-bond acceptors (Lipinski definition) is 2. The first-order chi connectivity index (χ1) is 8.92. The number of anilines is 1. The molecule has 2 N–H and O–H groups in total. The second kappa shape index (κ2) is 5.77. The van der Waals surface area contributed by atoms with Gasteiger partial charge in [0.05, 0.1) is 6.20 Å². The van der Waals surface area contributed by atoms with Gasteiger partial charge in [0.25, 0.3) is 0 Å². The minimum atomic E-state index is 0.643. The highest BCUT2D eigenvalue weighted by Crippen LogP contribution is 2.32. The fraction of sp³-hybridized carbons (Fsp3) is 0.800. The Morgan fingerprint density at radius 2 is 1.61 bits per heavy atom. The molecule has 1 aromatic heterocycles. The Labute approximate surface area is 110 Å². The molecule has 2 aliphatic carbocycles. The topological polar surface area (TPSA) is 40.7 Å². The molecule has 100 valence electrons. The third-order valence-electron chi connectivity index (χ3n) is 4.59. The smallest absolute Gasteiger partial charge is 0.200 e. The molecule has 3 rings (SSSR count). The van der Waals surface area contributed by atoms with E-state index < -0.39 is 0 Å². The van der Waals surface area contributed by atoms with Crippen molar-refractivity contribution in [3.63, 3.8) is 0 Å². The zero-order valence-corrected chi connectivity index (χ0v) is 11.3. The van der Waals surface area contributed by atoms with E-state index in [9.17, 15) is 0 Å². The van der Waals surface area contributed by atoms with Crippen LogP contribution in [0.4, 0.5) is 5.95 Å². The Balaban J connectivity index is 1.58. The first-order valence-corrected chi connectivity index (χ1v) is 7.73. The molecule has 2 saturated carbocycles. The Morgan fingerprint density at radius 3 is 2.33 bits per heavy atom. The van der Waals surface area contributed by atoms with Crippen LogP contribution in [0.2, 0.25) is 0 Å². The van der Waals surface area contributed by atoms with Gasteiger partial charge in [-0.15, -0.1) is 0 Å². The molecule has 3 nitrogen and oxygen atoms in total. The summed E-state index contributed by atoms with van der Waals surface area (Å²) in [5.41, 5.74) is 1.35. The van der Waals surface area contributed by atoms with Crippen LogP contribution < -0.4 is 5.32 Å². The zero-order valence-electron chi connectivity index (χ0n) is 11.3. The Bertz CT molecular complexity index is 360. The zero-order chi connectivity index (χ0) is 12.2. The van der Waals surface area contributed by atoms with Crippen molar-refractivity contribution in [3.05, 3.63) is 11.9 Å². The lowest BCUT2D eigenvalue weighted by atomic mass is 9.87. The molecule has 0 bridgehead atoms. The maximum Gasteiger partial charge on any atom is 0.200 e. The Morgan fingerprint density at radius 1 is 0.944 bits per heavy atom. The second-order valence-corrected chi connectivity index (χ2v) is 6.00. The number of aromatic nitrogens is 2. The molecule has 0 spiro atoms. The van der Waals surface area contributed by atoms with E-state index in [2.05, 4.69) is 21.5 Å². The summed E-state index contributed by atoms with van der Waals surface area (Å²) in [4.78, 5) is 8.03. The lowest BCUT2D eigenvalue weighted by Gasteiger charge is -2.22. The molecule has 0 saturated heterocycles. The summed E-state index contributed by atoms with van der Waals surface area (Å²) in [5.74, 6) is 1.73. The van der Waals surface area contributed by atoms with Gasteiger partial charge in [0.1, 0.15) is 0 Å². The monoisotopic (exact) mass is 247 g/mol. The average Bonchev–Trinajstić information content (AvgIpc) is 2.89. The average molecular weight is 247 g/mol. The number of imidazole rings is 1. The van der Waals surface area contributed by atoms with Gasteiger partial charge in [0.2, 0.25) is 5.95 Å². The summed E-state index contributed by atoms with van der Waals surface area (Å²) in [6.07, 6.45) is 15.7. The van der Waals surface area contributed by atoms with Crippen molar-refractivity contribution in [1.82, 2.24) is 9.97 Å². The molecule has 0 aliphatic heterocycles. The molecule has 1 heterocycles. The Kier molecular flexibility index (Phi) is 3.87. The van der Waals surface area contributed by atoms with Crippen LogP contribution in [0.1, 0.15) is 75.8 Å². The molecule has 0 radical (unpaired) electrons. The van der Waals surface area contributed by atoms with Crippen molar-refractivity contribution in [2.75, 3.05) is 5.32 Å². The molecule has 2 fully saturated rings. The van der Waals surface area contributed by atoms with Gasteiger partial charge in [-0.3, -0.25) is 0 Å². The van der Waals surface area contributed by atoms with Gasteiger partial charge in [-0.25, -0.2) is 4.98 Å². The van der Waals surface area contributed by atoms with E-state index in [0.717, 1.165) is 11.9 Å². The van der Waals surface area contributed by atoms with Crippen LogP contribution in [0, 0.1) is 0 Å². The van der Waals surface area contributed by atoms with Crippen molar-refractivity contribution in [3.8, 4) is 0 Å². The van der Waals surface area contributed by atoms with Crippen LogP contribution in [0.5, 0.6) is 0 Å². The predicted octanol–water partition coefficient (Wildman–Crippen LogP) is 4.20. The quantitative estimate of drug-likeness (QED) is 0.840. The van der Waals surface area contributed by atoms with Gasteiger partial charge in [-0.05, 0) is 25.7 Å². The first-order valence-electron chi connectivity index (χ1n) is 7.73. The lowest BCUT2D eigenvalue weighted by Crippen LogP contribution is -2.22. The molecule has 0 unspecified atom stereocenters. The van der Waals surface area contributed by atoms with Crippen molar-refractivity contribution >= 4 is 5.95 Å². The third-order valence-corrected chi connectivity index (χ3v) is 4.59. The van der Waals surface area contributed by atoms with Crippen molar-refractivity contribution in [2.24, 2.45) is 0 Å². The summed E-state index contributed by atoms with van der Waals surface area (Å²) < 4.78 is 0. The number of nitrogens with one attached hydrogen (secondary N) is 2. The molecule has 1 aromatic rings. The van der Waals surface area contributed by atoms with Crippen LogP contribution in [-0.4, -0.2) is 16.0 Å². The molecule has 0 atom stereocenters. The fourth-order valence-electron chi connectivity index (χ4n) is 3.47. The highest BCUT2D eigenvalue weighted by Gasteiger charge is 2.19. The Hall–Kier alpha value is -0.990. The van der Waals surface area contributed by atoms with Gasteiger partial charge in [0, 0.05) is 17.7 Å². The van der Waals surface area contributed by atoms with E-state index in [1.807, 2.05) is 0 Å². The van der Waals surface area contributed by atoms with Crippen LogP contribution >= 0.6 is 0 Å². The van der Waals surface area contributed by atoms with Crippen molar-refractivity contribution < 1.29 is 0 Å². The fourth-order valence-corrected chi connectivity index (χ4v) is 3.47. The molecular formula is C15H25N3. The van der Waals surface area contributed by atoms with Gasteiger partial charge < -0.3 is 10.3 Å².